The molecule has 0 radical (unpaired) electrons. The summed E-state index contributed by atoms with van der Waals surface area (Å²) in [7, 11) is 0. The number of piperidine rings is 2. The molecule has 0 aliphatic carbocycles. The van der Waals surface area contributed by atoms with E-state index in [1.54, 1.807) is 0 Å². The molecular formula is C42H44N2O2. The average molecular weight is 609 g/mol. The van der Waals surface area contributed by atoms with Crippen LogP contribution in [0.3, 0.4) is 0 Å². The number of hydrogen-bond donors (Lipinski definition) is 0. The molecule has 2 aliphatic rings. The Labute approximate surface area is 270 Å². The summed E-state index contributed by atoms with van der Waals surface area (Å²) in [5.41, 5.74) is 8.77. The summed E-state index contributed by atoms with van der Waals surface area (Å²) < 4.78 is 13.5. The Balaban J connectivity index is 1.22. The van der Waals surface area contributed by atoms with Crippen molar-refractivity contribution in [1.82, 2.24) is 0 Å². The highest BCUT2D eigenvalue weighted by Crippen LogP contribution is 2.45. The lowest BCUT2D eigenvalue weighted by Crippen LogP contribution is -2.38. The molecule has 0 amide bonds. The molecule has 0 N–H and O–H groups in total. The fraction of sp³-hybridized carbons (Fsp3) is 0.381. The van der Waals surface area contributed by atoms with Gasteiger partial charge >= 0.3 is 0 Å². The highest BCUT2D eigenvalue weighted by molar-refractivity contribution is 6.29. The smallest absolute Gasteiger partial charge is 0.139 e. The first-order chi connectivity index (χ1) is 22.2. The molecule has 4 heteroatoms. The van der Waals surface area contributed by atoms with Gasteiger partial charge in [-0.05, 0) is 132 Å². The second kappa shape index (κ2) is 10.2. The number of anilines is 2. The zero-order valence-corrected chi connectivity index (χ0v) is 28.0. The Bertz CT molecular complexity index is 2160. The molecule has 4 unspecified atom stereocenters. The molecule has 9 rings (SSSR count). The second-order valence-corrected chi connectivity index (χ2v) is 15.3. The first kappa shape index (κ1) is 28.1. The van der Waals surface area contributed by atoms with Crippen LogP contribution in [0.2, 0.25) is 0 Å². The third kappa shape index (κ3) is 4.32. The van der Waals surface area contributed by atoms with Gasteiger partial charge in [-0.3, -0.25) is 0 Å². The standard InChI is InChI=1S/C42H44N2O2/c1-23-11-24(2)20-43(19-23)33-9-7-29-15-35-37(17-31(29)13-33)45-41-27(5)28(6)42-40(39(35)41)36-16-30-8-10-34(14-32(30)18-38(36)46-42)44-21-25(3)12-26(4)22-44/h7-10,13-18,23-26H,11-12,19-22H2,1-6H3. The van der Waals surface area contributed by atoms with E-state index in [1.165, 1.54) is 56.5 Å². The van der Waals surface area contributed by atoms with Gasteiger partial charge < -0.3 is 18.6 Å². The summed E-state index contributed by atoms with van der Waals surface area (Å²) in [6.07, 6.45) is 2.63. The molecule has 0 spiro atoms. The third-order valence-corrected chi connectivity index (χ3v) is 11.2. The number of fused-ring (bicyclic) bond motifs is 9. The van der Waals surface area contributed by atoms with Crippen molar-refractivity contribution in [2.45, 2.75) is 54.4 Å². The number of hydrogen-bond acceptors (Lipinski definition) is 4. The molecule has 0 saturated carbocycles. The van der Waals surface area contributed by atoms with Gasteiger partial charge in [0.15, 0.2) is 0 Å². The molecule has 2 fully saturated rings. The van der Waals surface area contributed by atoms with Crippen molar-refractivity contribution in [3.8, 4) is 0 Å². The van der Waals surface area contributed by atoms with E-state index in [-0.39, 0.29) is 0 Å². The maximum absolute atomic E-state index is 6.74. The maximum Gasteiger partial charge on any atom is 0.139 e. The zero-order chi connectivity index (χ0) is 31.4. The van der Waals surface area contributed by atoms with Crippen LogP contribution < -0.4 is 9.80 Å². The van der Waals surface area contributed by atoms with Crippen molar-refractivity contribution < 1.29 is 8.83 Å². The van der Waals surface area contributed by atoms with E-state index < -0.39 is 0 Å². The fourth-order valence-electron chi connectivity index (χ4n) is 9.16. The van der Waals surface area contributed by atoms with Crippen LogP contribution in [0, 0.1) is 37.5 Å². The van der Waals surface area contributed by atoms with E-state index in [4.69, 9.17) is 8.83 Å². The van der Waals surface area contributed by atoms with Crippen LogP contribution in [0.4, 0.5) is 11.4 Å². The molecule has 2 aliphatic heterocycles. The monoisotopic (exact) mass is 608 g/mol. The average Bonchev–Trinajstić information content (AvgIpc) is 3.57. The molecule has 4 nitrogen and oxygen atoms in total. The van der Waals surface area contributed by atoms with Crippen molar-refractivity contribution in [3.05, 3.63) is 71.8 Å². The van der Waals surface area contributed by atoms with Crippen molar-refractivity contribution in [2.75, 3.05) is 36.0 Å². The van der Waals surface area contributed by atoms with Gasteiger partial charge in [0.25, 0.3) is 0 Å². The fourth-order valence-corrected chi connectivity index (χ4v) is 9.16. The lowest BCUT2D eigenvalue weighted by Gasteiger charge is -2.36. The van der Waals surface area contributed by atoms with Gasteiger partial charge in [0.1, 0.15) is 22.3 Å². The van der Waals surface area contributed by atoms with Crippen LogP contribution in [0.5, 0.6) is 0 Å². The lowest BCUT2D eigenvalue weighted by atomic mass is 9.91. The van der Waals surface area contributed by atoms with E-state index >= 15 is 0 Å². The topological polar surface area (TPSA) is 32.8 Å². The molecule has 2 aromatic heterocycles. The third-order valence-electron chi connectivity index (χ3n) is 11.2. The molecule has 5 aromatic carbocycles. The number of nitrogens with zero attached hydrogens (tertiary/aromatic N) is 2. The van der Waals surface area contributed by atoms with Crippen LogP contribution in [-0.4, -0.2) is 26.2 Å². The van der Waals surface area contributed by atoms with Crippen LogP contribution in [0.15, 0.2) is 69.5 Å². The van der Waals surface area contributed by atoms with E-state index in [1.807, 2.05) is 0 Å². The lowest BCUT2D eigenvalue weighted by molar-refractivity contribution is 0.357. The van der Waals surface area contributed by atoms with Crippen molar-refractivity contribution in [2.24, 2.45) is 23.7 Å². The van der Waals surface area contributed by atoms with E-state index in [0.29, 0.717) is 0 Å². The molecule has 7 aromatic rings. The highest BCUT2D eigenvalue weighted by Gasteiger charge is 2.25. The van der Waals surface area contributed by atoms with Crippen molar-refractivity contribution >= 4 is 76.8 Å². The molecule has 0 bridgehead atoms. The van der Waals surface area contributed by atoms with Crippen LogP contribution in [-0.2, 0) is 0 Å². The predicted molar refractivity (Wildman–Crippen MR) is 196 cm³/mol. The maximum atomic E-state index is 6.74. The SMILES string of the molecule is Cc1c(C)c2oc3cc4cc(N5CC(C)CC(C)C5)ccc4cc3c2c2c1oc1cc3cc(N4CC(C)CC(C)C4)ccc3cc12. The Morgan fingerprint density at radius 3 is 1.28 bits per heavy atom. The first-order valence-corrected chi connectivity index (χ1v) is 17.4. The predicted octanol–water partition coefficient (Wildman–Crippen LogP) is 11.4. The minimum atomic E-state index is 0.720. The number of rotatable bonds is 2. The van der Waals surface area contributed by atoms with Gasteiger partial charge in [-0.15, -0.1) is 0 Å². The Morgan fingerprint density at radius 1 is 0.500 bits per heavy atom. The Hall–Kier alpha value is -4.18. The Kier molecular flexibility index (Phi) is 6.20. The van der Waals surface area contributed by atoms with Crippen molar-refractivity contribution in [1.29, 1.82) is 0 Å². The minimum absolute atomic E-state index is 0.720. The van der Waals surface area contributed by atoms with E-state index in [2.05, 4.69) is 112 Å². The molecular weight excluding hydrogens is 564 g/mol. The summed E-state index contributed by atoms with van der Waals surface area (Å²) in [6.45, 7) is 18.4. The molecule has 4 heterocycles. The quantitative estimate of drug-likeness (QED) is 0.195. The Morgan fingerprint density at radius 2 is 0.891 bits per heavy atom. The summed E-state index contributed by atoms with van der Waals surface area (Å²) in [5, 5.41) is 9.62. The van der Waals surface area contributed by atoms with Gasteiger partial charge in [0, 0.05) is 59.1 Å². The summed E-state index contributed by atoms with van der Waals surface area (Å²) in [6, 6.07) is 23.1. The molecule has 2 saturated heterocycles. The number of furan rings is 2. The van der Waals surface area contributed by atoms with Gasteiger partial charge in [-0.25, -0.2) is 0 Å². The van der Waals surface area contributed by atoms with Gasteiger partial charge in [-0.1, -0.05) is 39.8 Å². The zero-order valence-electron chi connectivity index (χ0n) is 28.0. The van der Waals surface area contributed by atoms with E-state index in [0.717, 1.165) is 94.1 Å². The minimum Gasteiger partial charge on any atom is -0.456 e. The first-order valence-electron chi connectivity index (χ1n) is 17.4. The van der Waals surface area contributed by atoms with Gasteiger partial charge in [-0.2, -0.15) is 0 Å². The van der Waals surface area contributed by atoms with Crippen molar-refractivity contribution in [3.63, 3.8) is 0 Å². The second-order valence-electron chi connectivity index (χ2n) is 15.3. The molecule has 46 heavy (non-hydrogen) atoms. The van der Waals surface area contributed by atoms with Crippen LogP contribution in [0.1, 0.15) is 51.7 Å². The number of benzene rings is 5. The van der Waals surface area contributed by atoms with E-state index in [9.17, 15) is 0 Å². The largest absolute Gasteiger partial charge is 0.456 e. The van der Waals surface area contributed by atoms with Gasteiger partial charge in [0.2, 0.25) is 0 Å². The van der Waals surface area contributed by atoms with Gasteiger partial charge in [0.05, 0.1) is 0 Å². The molecule has 234 valence electrons. The summed E-state index contributed by atoms with van der Waals surface area (Å²) in [4.78, 5) is 5.13. The summed E-state index contributed by atoms with van der Waals surface area (Å²) >= 11 is 0. The number of aryl methyl sites for hydroxylation is 2. The normalized spacial score (nSPS) is 22.8. The summed E-state index contributed by atoms with van der Waals surface area (Å²) in [5.74, 6) is 2.88. The highest BCUT2D eigenvalue weighted by atomic mass is 16.3. The molecule has 4 atom stereocenters. The van der Waals surface area contributed by atoms with Crippen LogP contribution in [0.25, 0.3) is 65.4 Å². The van der Waals surface area contributed by atoms with Crippen LogP contribution >= 0.6 is 0 Å².